The Bertz CT molecular complexity index is 920. The Labute approximate surface area is 203 Å². The van der Waals surface area contributed by atoms with E-state index in [1.807, 2.05) is 6.92 Å². The van der Waals surface area contributed by atoms with Crippen molar-refractivity contribution in [2.45, 2.75) is 70.8 Å². The molecule has 4 atom stereocenters. The molecule has 1 heterocycles. The zero-order valence-electron chi connectivity index (χ0n) is 20.4. The van der Waals surface area contributed by atoms with Gasteiger partial charge in [-0.25, -0.2) is 0 Å². The van der Waals surface area contributed by atoms with Crippen LogP contribution in [0.3, 0.4) is 0 Å². The Hall–Kier alpha value is -3.11. The number of likely N-dealkylation sites (tertiary alicyclic amines) is 1. The maximum absolute atomic E-state index is 13.4. The van der Waals surface area contributed by atoms with Crippen LogP contribution < -0.4 is 16.0 Å². The first kappa shape index (κ1) is 28.1. The Morgan fingerprint density at radius 2 is 1.74 bits per heavy atom. The molecule has 1 unspecified atom stereocenters. The fourth-order valence-electron chi connectivity index (χ4n) is 4.11. The minimum atomic E-state index is -4.49. The van der Waals surface area contributed by atoms with Gasteiger partial charge in [0, 0.05) is 26.9 Å². The minimum Gasteiger partial charge on any atom is -0.357 e. The van der Waals surface area contributed by atoms with Crippen LogP contribution in [0.2, 0.25) is 0 Å². The van der Waals surface area contributed by atoms with Crippen molar-refractivity contribution >= 4 is 23.6 Å². The van der Waals surface area contributed by atoms with Crippen LogP contribution in [0.1, 0.15) is 51.2 Å². The maximum atomic E-state index is 13.4. The largest absolute Gasteiger partial charge is 0.416 e. The SMILES string of the molecule is CCC(C)[C@H](NC(=O)[C@@H](Cc1ccc(C(F)(F)F)cc1)NC(C)=O)C(=O)N1CCC[C@@H]1C(=O)NC. The standard InChI is InChI=1S/C24H33F3N4O4/c1-5-14(2)20(23(35)31-12-6-7-19(31)22(34)28-4)30-21(33)18(29-15(3)32)13-16-8-10-17(11-9-16)24(25,26)27/h8-11,14,18-20H,5-7,12-13H2,1-4H3,(H,28,34)(H,29,32)(H,30,33)/t14?,18-,19-,20+/m1/s1. The molecule has 1 saturated heterocycles. The van der Waals surface area contributed by atoms with E-state index in [4.69, 9.17) is 0 Å². The van der Waals surface area contributed by atoms with Crippen LogP contribution in [0.4, 0.5) is 13.2 Å². The number of hydrogen-bond donors (Lipinski definition) is 3. The van der Waals surface area contributed by atoms with Crippen molar-refractivity contribution in [1.29, 1.82) is 0 Å². The number of rotatable bonds is 9. The molecule has 8 nitrogen and oxygen atoms in total. The molecule has 3 N–H and O–H groups in total. The van der Waals surface area contributed by atoms with E-state index in [0.29, 0.717) is 31.4 Å². The molecule has 0 bridgehead atoms. The molecule has 35 heavy (non-hydrogen) atoms. The Balaban J connectivity index is 2.23. The summed E-state index contributed by atoms with van der Waals surface area (Å²) in [5, 5.41) is 7.80. The van der Waals surface area contributed by atoms with Gasteiger partial charge < -0.3 is 20.9 Å². The van der Waals surface area contributed by atoms with E-state index >= 15 is 0 Å². The fraction of sp³-hybridized carbons (Fsp3) is 0.583. The highest BCUT2D eigenvalue weighted by Gasteiger charge is 2.39. The second-order valence-electron chi connectivity index (χ2n) is 8.83. The molecule has 0 saturated carbocycles. The first-order valence-electron chi connectivity index (χ1n) is 11.6. The number of carbonyl (C=O) groups is 4. The van der Waals surface area contributed by atoms with E-state index in [2.05, 4.69) is 16.0 Å². The zero-order chi connectivity index (χ0) is 26.3. The van der Waals surface area contributed by atoms with Crippen LogP contribution in [0, 0.1) is 5.92 Å². The van der Waals surface area contributed by atoms with E-state index in [1.54, 1.807) is 6.92 Å². The van der Waals surface area contributed by atoms with Gasteiger partial charge in [-0.3, -0.25) is 19.2 Å². The van der Waals surface area contributed by atoms with Gasteiger partial charge in [0.25, 0.3) is 0 Å². The number of nitrogens with zero attached hydrogens (tertiary/aromatic N) is 1. The zero-order valence-corrected chi connectivity index (χ0v) is 20.4. The van der Waals surface area contributed by atoms with Crippen molar-refractivity contribution in [3.8, 4) is 0 Å². The lowest BCUT2D eigenvalue weighted by Gasteiger charge is -2.32. The van der Waals surface area contributed by atoms with Gasteiger partial charge in [0.15, 0.2) is 0 Å². The van der Waals surface area contributed by atoms with E-state index in [1.165, 1.54) is 31.0 Å². The molecule has 1 aromatic rings. The lowest BCUT2D eigenvalue weighted by Crippen LogP contribution is -2.58. The van der Waals surface area contributed by atoms with Crippen LogP contribution in [0.25, 0.3) is 0 Å². The molecule has 11 heteroatoms. The van der Waals surface area contributed by atoms with Gasteiger partial charge in [0.2, 0.25) is 23.6 Å². The highest BCUT2D eigenvalue weighted by molar-refractivity contribution is 5.94. The molecule has 1 aromatic carbocycles. The third-order valence-electron chi connectivity index (χ3n) is 6.28. The average Bonchev–Trinajstić information content (AvgIpc) is 3.30. The number of benzene rings is 1. The minimum absolute atomic E-state index is 0.0600. The summed E-state index contributed by atoms with van der Waals surface area (Å²) in [4.78, 5) is 52.0. The van der Waals surface area contributed by atoms with E-state index in [0.717, 1.165) is 12.1 Å². The van der Waals surface area contributed by atoms with Crippen LogP contribution in [-0.4, -0.2) is 60.2 Å². The number of likely N-dealkylation sites (N-methyl/N-ethyl adjacent to an activating group) is 1. The van der Waals surface area contributed by atoms with Crippen molar-refractivity contribution in [1.82, 2.24) is 20.9 Å². The first-order chi connectivity index (χ1) is 16.4. The second-order valence-corrected chi connectivity index (χ2v) is 8.83. The molecule has 0 aliphatic carbocycles. The molecule has 1 aliphatic rings. The molecule has 0 aromatic heterocycles. The normalized spacial score (nSPS) is 18.4. The quantitative estimate of drug-likeness (QED) is 0.484. The number of hydrogen-bond acceptors (Lipinski definition) is 4. The topological polar surface area (TPSA) is 108 Å². The van der Waals surface area contributed by atoms with Gasteiger partial charge in [0.1, 0.15) is 18.1 Å². The number of nitrogens with one attached hydrogen (secondary N) is 3. The predicted molar refractivity (Wildman–Crippen MR) is 123 cm³/mol. The van der Waals surface area contributed by atoms with Crippen LogP contribution in [0.15, 0.2) is 24.3 Å². The number of halogens is 3. The van der Waals surface area contributed by atoms with Crippen molar-refractivity contribution < 1.29 is 32.3 Å². The second kappa shape index (κ2) is 12.0. The maximum Gasteiger partial charge on any atom is 0.416 e. The van der Waals surface area contributed by atoms with Gasteiger partial charge in [-0.15, -0.1) is 0 Å². The summed E-state index contributed by atoms with van der Waals surface area (Å²) >= 11 is 0. The third kappa shape index (κ3) is 7.43. The summed E-state index contributed by atoms with van der Waals surface area (Å²) in [7, 11) is 1.50. The van der Waals surface area contributed by atoms with Crippen molar-refractivity contribution in [2.24, 2.45) is 5.92 Å². The van der Waals surface area contributed by atoms with Gasteiger partial charge in [-0.1, -0.05) is 32.4 Å². The monoisotopic (exact) mass is 498 g/mol. The van der Waals surface area contributed by atoms with Gasteiger partial charge >= 0.3 is 6.18 Å². The highest BCUT2D eigenvalue weighted by atomic mass is 19.4. The van der Waals surface area contributed by atoms with Crippen LogP contribution in [0.5, 0.6) is 0 Å². The predicted octanol–water partition coefficient (Wildman–Crippen LogP) is 2.02. The molecule has 0 radical (unpaired) electrons. The lowest BCUT2D eigenvalue weighted by atomic mass is 9.96. The molecular formula is C24H33F3N4O4. The Morgan fingerprint density at radius 3 is 2.26 bits per heavy atom. The average molecular weight is 499 g/mol. The molecule has 0 spiro atoms. The summed E-state index contributed by atoms with van der Waals surface area (Å²) in [6, 6.07) is 1.68. The van der Waals surface area contributed by atoms with Gasteiger partial charge in [0.05, 0.1) is 5.56 Å². The molecule has 4 amide bonds. The Morgan fingerprint density at radius 1 is 1.11 bits per heavy atom. The van der Waals surface area contributed by atoms with E-state index < -0.39 is 41.7 Å². The fourth-order valence-corrected chi connectivity index (χ4v) is 4.11. The van der Waals surface area contributed by atoms with Crippen LogP contribution in [-0.2, 0) is 31.8 Å². The van der Waals surface area contributed by atoms with Crippen LogP contribution >= 0.6 is 0 Å². The van der Waals surface area contributed by atoms with E-state index in [9.17, 15) is 32.3 Å². The Kier molecular flexibility index (Phi) is 9.67. The number of alkyl halides is 3. The van der Waals surface area contributed by atoms with Crippen molar-refractivity contribution in [3.63, 3.8) is 0 Å². The molecule has 1 aliphatic heterocycles. The lowest BCUT2D eigenvalue weighted by molar-refractivity contribution is -0.142. The van der Waals surface area contributed by atoms with E-state index in [-0.39, 0.29) is 24.2 Å². The summed E-state index contributed by atoms with van der Waals surface area (Å²) in [6.07, 6.45) is -2.80. The third-order valence-corrected chi connectivity index (χ3v) is 6.28. The molecule has 1 fully saturated rings. The molecular weight excluding hydrogens is 465 g/mol. The summed E-state index contributed by atoms with van der Waals surface area (Å²) in [6.45, 7) is 5.28. The number of amides is 4. The number of carbonyl (C=O) groups excluding carboxylic acids is 4. The van der Waals surface area contributed by atoms with Crippen molar-refractivity contribution in [3.05, 3.63) is 35.4 Å². The molecule has 194 valence electrons. The summed E-state index contributed by atoms with van der Waals surface area (Å²) < 4.78 is 38.6. The van der Waals surface area contributed by atoms with Gasteiger partial charge in [-0.2, -0.15) is 13.2 Å². The molecule has 2 rings (SSSR count). The van der Waals surface area contributed by atoms with Gasteiger partial charge in [-0.05, 0) is 36.5 Å². The first-order valence-corrected chi connectivity index (χ1v) is 11.6. The smallest absolute Gasteiger partial charge is 0.357 e. The summed E-state index contributed by atoms with van der Waals surface area (Å²) in [5.74, 6) is -2.04. The van der Waals surface area contributed by atoms with Crippen molar-refractivity contribution in [2.75, 3.05) is 13.6 Å². The summed E-state index contributed by atoms with van der Waals surface area (Å²) in [5.41, 5.74) is -0.405. The highest BCUT2D eigenvalue weighted by Crippen LogP contribution is 2.29.